The average molecular weight is 330 g/mol. The number of carbonyl (C=O) groups excluding carboxylic acids is 1. The molecule has 0 aliphatic carbocycles. The van der Waals surface area contributed by atoms with E-state index in [-0.39, 0.29) is 12.5 Å². The highest BCUT2D eigenvalue weighted by atomic mass is 32.1. The van der Waals surface area contributed by atoms with Crippen molar-refractivity contribution < 1.29 is 14.1 Å². The number of nitrogens with zero attached hydrogens (tertiary/aromatic N) is 3. The minimum Gasteiger partial charge on any atom is -0.452 e. The summed E-state index contributed by atoms with van der Waals surface area (Å²) in [6.45, 7) is 1.67. The third kappa shape index (κ3) is 3.21. The van der Waals surface area contributed by atoms with Gasteiger partial charge in [-0.25, -0.2) is 4.79 Å². The molecule has 0 unspecified atom stereocenters. The predicted molar refractivity (Wildman–Crippen MR) is 85.3 cm³/mol. The standard InChI is InChI=1S/C15H14N4O3S/c1-9-12(14(16-2)23-19-9)15(20)21-8-11-17-13(18-22-11)10-6-4-3-5-7-10/h3-7,16H,8H2,1-2H3. The van der Waals surface area contributed by atoms with Gasteiger partial charge in [0.1, 0.15) is 10.6 Å². The molecule has 2 heterocycles. The van der Waals surface area contributed by atoms with Crippen molar-refractivity contribution in [3.05, 3.63) is 47.5 Å². The van der Waals surface area contributed by atoms with E-state index >= 15 is 0 Å². The molecule has 0 saturated carbocycles. The molecule has 0 atom stereocenters. The van der Waals surface area contributed by atoms with E-state index in [0.29, 0.717) is 22.1 Å². The lowest BCUT2D eigenvalue weighted by molar-refractivity contribution is 0.0430. The molecule has 0 aliphatic rings. The second kappa shape index (κ2) is 6.57. The number of hydrogen-bond donors (Lipinski definition) is 1. The number of rotatable bonds is 5. The molecule has 0 aliphatic heterocycles. The van der Waals surface area contributed by atoms with E-state index in [2.05, 4.69) is 19.8 Å². The summed E-state index contributed by atoms with van der Waals surface area (Å²) in [4.78, 5) is 16.4. The lowest BCUT2D eigenvalue weighted by Crippen LogP contribution is -2.08. The molecule has 7 nitrogen and oxygen atoms in total. The van der Waals surface area contributed by atoms with Crippen LogP contribution in [0, 0.1) is 6.92 Å². The van der Waals surface area contributed by atoms with Gasteiger partial charge < -0.3 is 14.6 Å². The number of aromatic nitrogens is 3. The molecule has 0 spiro atoms. The molecule has 23 heavy (non-hydrogen) atoms. The zero-order valence-electron chi connectivity index (χ0n) is 12.6. The van der Waals surface area contributed by atoms with Crippen molar-refractivity contribution in [3.63, 3.8) is 0 Å². The van der Waals surface area contributed by atoms with E-state index in [4.69, 9.17) is 9.26 Å². The first-order valence-corrected chi connectivity index (χ1v) is 7.65. The fraction of sp³-hybridized carbons (Fsp3) is 0.200. The van der Waals surface area contributed by atoms with Crippen LogP contribution in [0.25, 0.3) is 11.4 Å². The van der Waals surface area contributed by atoms with Gasteiger partial charge in [-0.1, -0.05) is 35.5 Å². The number of hydrogen-bond acceptors (Lipinski definition) is 8. The Labute approximate surface area is 136 Å². The maximum atomic E-state index is 12.2. The van der Waals surface area contributed by atoms with E-state index in [1.54, 1.807) is 14.0 Å². The highest BCUT2D eigenvalue weighted by Crippen LogP contribution is 2.25. The molecule has 8 heteroatoms. The first kappa shape index (κ1) is 15.2. The lowest BCUT2D eigenvalue weighted by atomic mass is 10.2. The monoisotopic (exact) mass is 330 g/mol. The van der Waals surface area contributed by atoms with Gasteiger partial charge in [0.05, 0.1) is 5.69 Å². The summed E-state index contributed by atoms with van der Waals surface area (Å²) in [5.41, 5.74) is 1.89. The van der Waals surface area contributed by atoms with E-state index in [0.717, 1.165) is 5.56 Å². The van der Waals surface area contributed by atoms with Crippen LogP contribution in [0.15, 0.2) is 34.9 Å². The summed E-state index contributed by atoms with van der Waals surface area (Å²) in [6, 6.07) is 9.43. The Morgan fingerprint density at radius 2 is 2.13 bits per heavy atom. The summed E-state index contributed by atoms with van der Waals surface area (Å²) in [5, 5.41) is 7.47. The Kier molecular flexibility index (Phi) is 4.33. The largest absolute Gasteiger partial charge is 0.452 e. The van der Waals surface area contributed by atoms with Crippen molar-refractivity contribution in [1.29, 1.82) is 0 Å². The molecule has 3 rings (SSSR count). The molecule has 1 N–H and O–H groups in total. The predicted octanol–water partition coefficient (Wildman–Crippen LogP) is 2.90. The number of anilines is 1. The van der Waals surface area contributed by atoms with E-state index in [1.807, 2.05) is 30.3 Å². The third-order valence-corrected chi connectivity index (χ3v) is 4.08. The van der Waals surface area contributed by atoms with Crippen LogP contribution in [0.4, 0.5) is 5.00 Å². The maximum Gasteiger partial charge on any atom is 0.343 e. The minimum absolute atomic E-state index is 0.0862. The molecular formula is C15H14N4O3S. The quantitative estimate of drug-likeness (QED) is 0.719. The Morgan fingerprint density at radius 3 is 2.87 bits per heavy atom. The van der Waals surface area contributed by atoms with Crippen molar-refractivity contribution in [2.45, 2.75) is 13.5 Å². The van der Waals surface area contributed by atoms with Crippen molar-refractivity contribution in [2.75, 3.05) is 12.4 Å². The zero-order valence-corrected chi connectivity index (χ0v) is 13.4. The fourth-order valence-electron chi connectivity index (χ4n) is 2.00. The number of esters is 1. The third-order valence-electron chi connectivity index (χ3n) is 3.12. The van der Waals surface area contributed by atoms with Crippen molar-refractivity contribution in [3.8, 4) is 11.4 Å². The van der Waals surface area contributed by atoms with Crippen molar-refractivity contribution in [1.82, 2.24) is 14.5 Å². The smallest absolute Gasteiger partial charge is 0.343 e. The minimum atomic E-state index is -0.472. The molecule has 118 valence electrons. The van der Waals surface area contributed by atoms with Crippen LogP contribution < -0.4 is 5.32 Å². The van der Waals surface area contributed by atoms with Gasteiger partial charge in [-0.3, -0.25) is 0 Å². The molecule has 3 aromatic rings. The molecule has 0 fully saturated rings. The highest BCUT2D eigenvalue weighted by Gasteiger charge is 2.20. The van der Waals surface area contributed by atoms with Gasteiger partial charge in [-0.15, -0.1) is 0 Å². The van der Waals surface area contributed by atoms with Crippen LogP contribution in [0.2, 0.25) is 0 Å². The normalized spacial score (nSPS) is 10.5. The maximum absolute atomic E-state index is 12.2. The van der Waals surface area contributed by atoms with Crippen LogP contribution >= 0.6 is 11.5 Å². The van der Waals surface area contributed by atoms with Crippen LogP contribution in [0.1, 0.15) is 21.9 Å². The molecular weight excluding hydrogens is 316 g/mol. The van der Waals surface area contributed by atoms with Gasteiger partial charge in [0, 0.05) is 12.6 Å². The Morgan fingerprint density at radius 1 is 1.35 bits per heavy atom. The molecule has 0 bridgehead atoms. The first-order valence-electron chi connectivity index (χ1n) is 6.88. The molecule has 2 aromatic heterocycles. The number of ether oxygens (including phenoxy) is 1. The number of nitrogens with one attached hydrogen (secondary N) is 1. The summed E-state index contributed by atoms with van der Waals surface area (Å²) in [7, 11) is 1.73. The molecule has 1 aromatic carbocycles. The van der Waals surface area contributed by atoms with Crippen molar-refractivity contribution >= 4 is 22.5 Å². The average Bonchev–Trinajstić information content (AvgIpc) is 3.20. The molecule has 0 saturated heterocycles. The van der Waals surface area contributed by atoms with Crippen LogP contribution in [0.5, 0.6) is 0 Å². The van der Waals surface area contributed by atoms with Gasteiger partial charge in [0.15, 0.2) is 6.61 Å². The highest BCUT2D eigenvalue weighted by molar-refractivity contribution is 7.10. The fourth-order valence-corrected chi connectivity index (χ4v) is 2.73. The van der Waals surface area contributed by atoms with Gasteiger partial charge in [0.2, 0.25) is 5.82 Å². The Balaban J connectivity index is 1.68. The zero-order chi connectivity index (χ0) is 16.2. The van der Waals surface area contributed by atoms with Gasteiger partial charge in [-0.05, 0) is 18.5 Å². The molecule has 0 amide bonds. The van der Waals surface area contributed by atoms with Gasteiger partial charge in [0.25, 0.3) is 5.89 Å². The topological polar surface area (TPSA) is 90.1 Å². The number of aryl methyl sites for hydroxylation is 1. The summed E-state index contributed by atoms with van der Waals surface area (Å²) < 4.78 is 14.5. The van der Waals surface area contributed by atoms with E-state index < -0.39 is 5.97 Å². The number of benzene rings is 1. The summed E-state index contributed by atoms with van der Waals surface area (Å²) in [6.07, 6.45) is 0. The Bertz CT molecular complexity index is 813. The van der Waals surface area contributed by atoms with Crippen molar-refractivity contribution in [2.24, 2.45) is 0 Å². The molecule has 0 radical (unpaired) electrons. The SMILES string of the molecule is CNc1snc(C)c1C(=O)OCc1nc(-c2ccccc2)no1. The summed E-state index contributed by atoms with van der Waals surface area (Å²) >= 11 is 1.21. The Hall–Kier alpha value is -2.74. The van der Waals surface area contributed by atoms with Crippen LogP contribution in [0.3, 0.4) is 0 Å². The summed E-state index contributed by atoms with van der Waals surface area (Å²) in [5.74, 6) is 0.227. The van der Waals surface area contributed by atoms with Gasteiger partial charge >= 0.3 is 5.97 Å². The first-order chi connectivity index (χ1) is 11.2. The van der Waals surface area contributed by atoms with Gasteiger partial charge in [-0.2, -0.15) is 9.36 Å². The number of carbonyl (C=O) groups is 1. The van der Waals surface area contributed by atoms with E-state index in [9.17, 15) is 4.79 Å². The lowest BCUT2D eigenvalue weighted by Gasteiger charge is -2.03. The second-order valence-electron chi connectivity index (χ2n) is 4.68. The van der Waals surface area contributed by atoms with Crippen LogP contribution in [-0.2, 0) is 11.3 Å². The second-order valence-corrected chi connectivity index (χ2v) is 5.45. The van der Waals surface area contributed by atoms with E-state index in [1.165, 1.54) is 11.5 Å². The van der Waals surface area contributed by atoms with Crippen LogP contribution in [-0.4, -0.2) is 27.5 Å².